The lowest BCUT2D eigenvalue weighted by atomic mass is 9.97. The first-order valence-electron chi connectivity index (χ1n) is 5.51. The lowest BCUT2D eigenvalue weighted by Crippen LogP contribution is -2.07. The molecule has 0 unspecified atom stereocenters. The zero-order chi connectivity index (χ0) is 14.9. The Hall–Kier alpha value is -2.01. The maximum atomic E-state index is 13.0. The minimum absolute atomic E-state index is 0.0412. The molecule has 6 heteroatoms. The van der Waals surface area contributed by atoms with Crippen LogP contribution in [0.1, 0.15) is 15.9 Å². The molecule has 0 saturated carbocycles. The van der Waals surface area contributed by atoms with Gasteiger partial charge >= 0.3 is 12.1 Å². The molecule has 0 heterocycles. The van der Waals surface area contributed by atoms with Crippen molar-refractivity contribution < 1.29 is 23.1 Å². The molecule has 0 aliphatic rings. The van der Waals surface area contributed by atoms with Gasteiger partial charge in [-0.1, -0.05) is 41.9 Å². The maximum Gasteiger partial charge on any atom is 0.417 e. The van der Waals surface area contributed by atoms with Crippen molar-refractivity contribution in [2.24, 2.45) is 0 Å². The summed E-state index contributed by atoms with van der Waals surface area (Å²) in [5, 5.41) is 8.75. The van der Waals surface area contributed by atoms with Crippen LogP contribution in [-0.4, -0.2) is 11.1 Å². The SMILES string of the molecule is O=C(O)c1cccc(-c2ccccc2C(F)(F)F)c1Cl. The van der Waals surface area contributed by atoms with Crippen LogP contribution in [0.2, 0.25) is 5.02 Å². The standard InChI is InChI=1S/C14H8ClF3O2/c15-12-9(5-3-6-10(12)13(19)20)8-4-1-2-7-11(8)14(16,17)18/h1-7H,(H,19,20). The Bertz CT molecular complexity index is 666. The van der Waals surface area contributed by atoms with E-state index in [1.165, 1.54) is 36.4 Å². The monoisotopic (exact) mass is 300 g/mol. The van der Waals surface area contributed by atoms with Crippen LogP contribution in [0.4, 0.5) is 13.2 Å². The molecule has 2 aromatic carbocycles. The Labute approximate surface area is 117 Å². The second-order valence-electron chi connectivity index (χ2n) is 4.02. The summed E-state index contributed by atoms with van der Waals surface area (Å²) in [6.07, 6.45) is -4.54. The average molecular weight is 301 g/mol. The Kier molecular flexibility index (Phi) is 3.72. The van der Waals surface area contributed by atoms with Crippen molar-refractivity contribution in [3.05, 3.63) is 58.6 Å². The van der Waals surface area contributed by atoms with Crippen molar-refractivity contribution in [3.8, 4) is 11.1 Å². The zero-order valence-corrected chi connectivity index (χ0v) is 10.7. The number of aromatic carboxylic acids is 1. The highest BCUT2D eigenvalue weighted by atomic mass is 35.5. The van der Waals surface area contributed by atoms with Gasteiger partial charge in [-0.25, -0.2) is 4.79 Å². The van der Waals surface area contributed by atoms with Gasteiger partial charge in [-0.3, -0.25) is 0 Å². The van der Waals surface area contributed by atoms with Gasteiger partial charge in [0.25, 0.3) is 0 Å². The van der Waals surface area contributed by atoms with Crippen molar-refractivity contribution in [1.29, 1.82) is 0 Å². The van der Waals surface area contributed by atoms with Crippen molar-refractivity contribution in [2.75, 3.05) is 0 Å². The van der Waals surface area contributed by atoms with Gasteiger partial charge in [0.2, 0.25) is 0 Å². The highest BCUT2D eigenvalue weighted by Crippen LogP contribution is 2.40. The summed E-state index contributed by atoms with van der Waals surface area (Å²) in [7, 11) is 0. The van der Waals surface area contributed by atoms with E-state index in [2.05, 4.69) is 0 Å². The number of halogens is 4. The molecule has 0 aliphatic heterocycles. The lowest BCUT2D eigenvalue weighted by molar-refractivity contribution is -0.137. The van der Waals surface area contributed by atoms with Crippen molar-refractivity contribution in [3.63, 3.8) is 0 Å². The minimum atomic E-state index is -4.54. The van der Waals surface area contributed by atoms with Gasteiger partial charge in [0, 0.05) is 5.56 Å². The van der Waals surface area contributed by atoms with E-state index < -0.39 is 17.7 Å². The molecule has 0 radical (unpaired) electrons. The molecule has 0 amide bonds. The van der Waals surface area contributed by atoms with E-state index in [-0.39, 0.29) is 21.7 Å². The van der Waals surface area contributed by atoms with Crippen LogP contribution < -0.4 is 0 Å². The molecule has 0 aliphatic carbocycles. The third-order valence-electron chi connectivity index (χ3n) is 2.75. The number of hydrogen-bond acceptors (Lipinski definition) is 1. The predicted octanol–water partition coefficient (Wildman–Crippen LogP) is 4.72. The summed E-state index contributed by atoms with van der Waals surface area (Å²) in [6, 6.07) is 8.85. The molecule has 0 aromatic heterocycles. The van der Waals surface area contributed by atoms with E-state index in [4.69, 9.17) is 16.7 Å². The third kappa shape index (κ3) is 2.63. The number of rotatable bonds is 2. The van der Waals surface area contributed by atoms with Crippen molar-refractivity contribution in [2.45, 2.75) is 6.18 Å². The quantitative estimate of drug-likeness (QED) is 0.871. The van der Waals surface area contributed by atoms with Gasteiger partial charge in [0.15, 0.2) is 0 Å². The smallest absolute Gasteiger partial charge is 0.417 e. The fraction of sp³-hybridized carbons (Fsp3) is 0.0714. The molecule has 2 nitrogen and oxygen atoms in total. The fourth-order valence-corrected chi connectivity index (χ4v) is 2.18. The highest BCUT2D eigenvalue weighted by Gasteiger charge is 2.34. The lowest BCUT2D eigenvalue weighted by Gasteiger charge is -2.14. The van der Waals surface area contributed by atoms with Crippen molar-refractivity contribution in [1.82, 2.24) is 0 Å². The molecule has 0 saturated heterocycles. The van der Waals surface area contributed by atoms with E-state index in [0.717, 1.165) is 6.07 Å². The molecule has 0 atom stereocenters. The van der Waals surface area contributed by atoms with Gasteiger partial charge in [-0.15, -0.1) is 0 Å². The number of benzene rings is 2. The Morgan fingerprint density at radius 2 is 1.60 bits per heavy atom. The average Bonchev–Trinajstić information content (AvgIpc) is 2.37. The molecule has 2 rings (SSSR count). The molecule has 0 spiro atoms. The summed E-state index contributed by atoms with van der Waals surface area (Å²) in [5.41, 5.74) is -1.20. The number of carbonyl (C=O) groups is 1. The first-order valence-corrected chi connectivity index (χ1v) is 5.88. The van der Waals surface area contributed by atoms with E-state index in [9.17, 15) is 18.0 Å². The van der Waals surface area contributed by atoms with Crippen LogP contribution in [0.3, 0.4) is 0 Å². The number of carboxylic acid groups (broad SMARTS) is 1. The van der Waals surface area contributed by atoms with Crippen LogP contribution in [0.25, 0.3) is 11.1 Å². The van der Waals surface area contributed by atoms with Gasteiger partial charge in [-0.2, -0.15) is 13.2 Å². The van der Waals surface area contributed by atoms with E-state index in [1.807, 2.05) is 0 Å². The molecule has 104 valence electrons. The summed E-state index contributed by atoms with van der Waals surface area (Å²) in [6.45, 7) is 0. The summed E-state index contributed by atoms with van der Waals surface area (Å²) in [5.74, 6) is -1.29. The Balaban J connectivity index is 2.70. The van der Waals surface area contributed by atoms with Crippen LogP contribution in [0, 0.1) is 0 Å². The predicted molar refractivity (Wildman–Crippen MR) is 68.8 cm³/mol. The van der Waals surface area contributed by atoms with Gasteiger partial charge in [-0.05, 0) is 17.7 Å². The first kappa shape index (κ1) is 14.4. The normalized spacial score (nSPS) is 11.4. The first-order chi connectivity index (χ1) is 9.32. The Morgan fingerprint density at radius 1 is 1.00 bits per heavy atom. The molecular formula is C14H8ClF3O2. The number of hydrogen-bond donors (Lipinski definition) is 1. The zero-order valence-electron chi connectivity index (χ0n) is 9.91. The van der Waals surface area contributed by atoms with Gasteiger partial charge in [0.05, 0.1) is 16.1 Å². The molecular weight excluding hydrogens is 293 g/mol. The van der Waals surface area contributed by atoms with Crippen LogP contribution in [-0.2, 0) is 6.18 Å². The van der Waals surface area contributed by atoms with E-state index in [0.29, 0.717) is 0 Å². The summed E-state index contributed by atoms with van der Waals surface area (Å²) < 4.78 is 38.9. The van der Waals surface area contributed by atoms with Gasteiger partial charge < -0.3 is 5.11 Å². The topological polar surface area (TPSA) is 37.3 Å². The second kappa shape index (κ2) is 5.17. The maximum absolute atomic E-state index is 13.0. The highest BCUT2D eigenvalue weighted by molar-refractivity contribution is 6.36. The summed E-state index contributed by atoms with van der Waals surface area (Å²) >= 11 is 5.91. The number of alkyl halides is 3. The molecule has 20 heavy (non-hydrogen) atoms. The minimum Gasteiger partial charge on any atom is -0.478 e. The largest absolute Gasteiger partial charge is 0.478 e. The van der Waals surface area contributed by atoms with Gasteiger partial charge in [0.1, 0.15) is 0 Å². The molecule has 1 N–H and O–H groups in total. The van der Waals surface area contributed by atoms with E-state index in [1.54, 1.807) is 0 Å². The molecule has 2 aromatic rings. The van der Waals surface area contributed by atoms with E-state index >= 15 is 0 Å². The second-order valence-corrected chi connectivity index (χ2v) is 4.39. The molecule has 0 bridgehead atoms. The Morgan fingerprint density at radius 3 is 2.20 bits per heavy atom. The number of carboxylic acids is 1. The summed E-state index contributed by atoms with van der Waals surface area (Å²) in [4.78, 5) is 11.0. The van der Waals surface area contributed by atoms with Crippen LogP contribution in [0.5, 0.6) is 0 Å². The van der Waals surface area contributed by atoms with Crippen LogP contribution >= 0.6 is 11.6 Å². The van der Waals surface area contributed by atoms with Crippen LogP contribution in [0.15, 0.2) is 42.5 Å². The van der Waals surface area contributed by atoms with Crippen molar-refractivity contribution >= 4 is 17.6 Å². The molecule has 0 fully saturated rings. The third-order valence-corrected chi connectivity index (χ3v) is 3.16. The fourth-order valence-electron chi connectivity index (χ4n) is 1.87.